The molecule has 1 aromatic carbocycles. The number of hydrogen-bond acceptors (Lipinski definition) is 7. The van der Waals surface area contributed by atoms with Gasteiger partial charge in [0, 0.05) is 10.4 Å². The van der Waals surface area contributed by atoms with Crippen molar-refractivity contribution in [3.05, 3.63) is 46.5 Å². The van der Waals surface area contributed by atoms with Crippen LogP contribution in [0.4, 0.5) is 0 Å². The van der Waals surface area contributed by atoms with Crippen LogP contribution in [0, 0.1) is 6.92 Å². The van der Waals surface area contributed by atoms with Gasteiger partial charge in [-0.25, -0.2) is 5.43 Å². The maximum absolute atomic E-state index is 12.3. The van der Waals surface area contributed by atoms with Gasteiger partial charge in [-0.2, -0.15) is 10.2 Å². The standard InChI is InChI=1S/C19H20N4O4S/c1-11-5-6-17(28-11)13-9-14(22-21-13)19(24)23-20-10-12-7-15(25-2)18(27-4)16(8-12)26-3/h5-10H,1-4H3,(H,21,22)(H,23,24)/b20-10+. The van der Waals surface area contributed by atoms with Gasteiger partial charge in [0.15, 0.2) is 17.2 Å². The molecule has 9 heteroatoms. The number of carbonyl (C=O) groups is 1. The highest BCUT2D eigenvalue weighted by molar-refractivity contribution is 7.15. The van der Waals surface area contributed by atoms with Crippen molar-refractivity contribution in [2.24, 2.45) is 5.10 Å². The van der Waals surface area contributed by atoms with Gasteiger partial charge in [-0.1, -0.05) is 0 Å². The third kappa shape index (κ3) is 4.15. The van der Waals surface area contributed by atoms with Crippen LogP contribution in [0.2, 0.25) is 0 Å². The quantitative estimate of drug-likeness (QED) is 0.469. The van der Waals surface area contributed by atoms with E-state index in [1.807, 2.05) is 19.1 Å². The van der Waals surface area contributed by atoms with Gasteiger partial charge >= 0.3 is 0 Å². The summed E-state index contributed by atoms with van der Waals surface area (Å²) < 4.78 is 15.9. The molecule has 8 nitrogen and oxygen atoms in total. The molecule has 2 aromatic heterocycles. The van der Waals surface area contributed by atoms with E-state index in [-0.39, 0.29) is 5.69 Å². The van der Waals surface area contributed by atoms with Crippen LogP contribution in [0.1, 0.15) is 20.9 Å². The van der Waals surface area contributed by atoms with Gasteiger partial charge in [0.2, 0.25) is 5.75 Å². The molecule has 0 saturated carbocycles. The van der Waals surface area contributed by atoms with Crippen molar-refractivity contribution in [2.75, 3.05) is 21.3 Å². The molecule has 0 atom stereocenters. The van der Waals surface area contributed by atoms with Crippen LogP contribution in [-0.2, 0) is 0 Å². The van der Waals surface area contributed by atoms with E-state index < -0.39 is 5.91 Å². The average Bonchev–Trinajstić information content (AvgIpc) is 3.36. The topological polar surface area (TPSA) is 97.8 Å². The zero-order valence-electron chi connectivity index (χ0n) is 15.9. The lowest BCUT2D eigenvalue weighted by molar-refractivity contribution is 0.0950. The lowest BCUT2D eigenvalue weighted by Crippen LogP contribution is -2.18. The number of H-pyrrole nitrogens is 1. The lowest BCUT2D eigenvalue weighted by Gasteiger charge is -2.12. The highest BCUT2D eigenvalue weighted by Crippen LogP contribution is 2.37. The summed E-state index contributed by atoms with van der Waals surface area (Å²) in [6.07, 6.45) is 1.48. The second-order valence-electron chi connectivity index (χ2n) is 5.73. The number of methoxy groups -OCH3 is 3. The number of aryl methyl sites for hydroxylation is 1. The molecule has 3 rings (SSSR count). The zero-order chi connectivity index (χ0) is 20.1. The number of aromatic nitrogens is 2. The first-order valence-electron chi connectivity index (χ1n) is 8.31. The van der Waals surface area contributed by atoms with Gasteiger partial charge in [0.1, 0.15) is 0 Å². The fourth-order valence-corrected chi connectivity index (χ4v) is 3.38. The number of hydrogen-bond donors (Lipinski definition) is 2. The molecule has 1 amide bonds. The van der Waals surface area contributed by atoms with Gasteiger partial charge in [-0.05, 0) is 37.3 Å². The van der Waals surface area contributed by atoms with E-state index in [0.717, 1.165) is 10.6 Å². The van der Waals surface area contributed by atoms with Crippen molar-refractivity contribution < 1.29 is 19.0 Å². The second kappa shape index (κ2) is 8.57. The first-order chi connectivity index (χ1) is 13.5. The normalized spacial score (nSPS) is 10.9. The van der Waals surface area contributed by atoms with E-state index in [0.29, 0.717) is 22.8 Å². The summed E-state index contributed by atoms with van der Waals surface area (Å²) in [6, 6.07) is 9.14. The zero-order valence-corrected chi connectivity index (χ0v) is 16.7. The monoisotopic (exact) mass is 400 g/mol. The van der Waals surface area contributed by atoms with Crippen molar-refractivity contribution in [3.8, 4) is 27.8 Å². The Morgan fingerprint density at radius 3 is 2.43 bits per heavy atom. The fourth-order valence-electron chi connectivity index (χ4n) is 2.54. The third-order valence-electron chi connectivity index (χ3n) is 3.88. The van der Waals surface area contributed by atoms with E-state index in [1.165, 1.54) is 32.4 Å². The SMILES string of the molecule is COc1cc(/C=N/NC(=O)c2cc(-c3ccc(C)s3)[nH]n2)cc(OC)c1OC. The molecule has 0 saturated heterocycles. The van der Waals surface area contributed by atoms with E-state index in [9.17, 15) is 4.79 Å². The number of ether oxygens (including phenoxy) is 3. The molecule has 0 aliphatic carbocycles. The Labute approximate surface area is 166 Å². The van der Waals surface area contributed by atoms with E-state index >= 15 is 0 Å². The maximum Gasteiger partial charge on any atom is 0.291 e. The predicted molar refractivity (Wildman–Crippen MR) is 108 cm³/mol. The van der Waals surface area contributed by atoms with Crippen molar-refractivity contribution in [1.29, 1.82) is 0 Å². The van der Waals surface area contributed by atoms with Gasteiger partial charge < -0.3 is 14.2 Å². The number of rotatable bonds is 7. The Balaban J connectivity index is 1.71. The molecule has 2 N–H and O–H groups in total. The Kier molecular flexibility index (Phi) is 5.95. The molecule has 3 aromatic rings. The molecule has 0 bridgehead atoms. The Morgan fingerprint density at radius 1 is 1.14 bits per heavy atom. The van der Waals surface area contributed by atoms with Gasteiger partial charge in [0.05, 0.1) is 38.1 Å². The number of amides is 1. The molecular formula is C19H20N4O4S. The van der Waals surface area contributed by atoms with E-state index in [2.05, 4.69) is 20.7 Å². The molecule has 0 fully saturated rings. The molecule has 146 valence electrons. The summed E-state index contributed by atoms with van der Waals surface area (Å²) in [4.78, 5) is 14.5. The van der Waals surface area contributed by atoms with Crippen molar-refractivity contribution in [3.63, 3.8) is 0 Å². The van der Waals surface area contributed by atoms with Crippen molar-refractivity contribution in [2.45, 2.75) is 6.92 Å². The maximum atomic E-state index is 12.3. The molecule has 28 heavy (non-hydrogen) atoms. The number of nitrogens with zero attached hydrogens (tertiary/aromatic N) is 2. The second-order valence-corrected chi connectivity index (χ2v) is 7.02. The van der Waals surface area contributed by atoms with Crippen molar-refractivity contribution >= 4 is 23.5 Å². The van der Waals surface area contributed by atoms with Crippen LogP contribution in [0.5, 0.6) is 17.2 Å². The number of carbonyl (C=O) groups excluding carboxylic acids is 1. The number of hydrazone groups is 1. The summed E-state index contributed by atoms with van der Waals surface area (Å²) in [5, 5.41) is 10.9. The van der Waals surface area contributed by atoms with Gasteiger partial charge in [-0.15, -0.1) is 11.3 Å². The average molecular weight is 400 g/mol. The van der Waals surface area contributed by atoms with Crippen LogP contribution in [0.15, 0.2) is 35.4 Å². The van der Waals surface area contributed by atoms with Gasteiger partial charge in [0.25, 0.3) is 5.91 Å². The molecule has 0 spiro atoms. The smallest absolute Gasteiger partial charge is 0.291 e. The highest BCUT2D eigenvalue weighted by Gasteiger charge is 2.13. The van der Waals surface area contributed by atoms with Crippen LogP contribution in [0.3, 0.4) is 0 Å². The minimum atomic E-state index is -0.417. The summed E-state index contributed by atoms with van der Waals surface area (Å²) in [5.74, 6) is 1.06. The van der Waals surface area contributed by atoms with Crippen LogP contribution in [-0.4, -0.2) is 43.6 Å². The Morgan fingerprint density at radius 2 is 1.86 bits per heavy atom. The largest absolute Gasteiger partial charge is 0.493 e. The number of aromatic amines is 1. The first-order valence-corrected chi connectivity index (χ1v) is 9.13. The van der Waals surface area contributed by atoms with Crippen LogP contribution in [0.25, 0.3) is 10.6 Å². The molecule has 0 radical (unpaired) electrons. The molecule has 0 aliphatic rings. The molecule has 2 heterocycles. The van der Waals surface area contributed by atoms with Crippen molar-refractivity contribution in [1.82, 2.24) is 15.6 Å². The van der Waals surface area contributed by atoms with Crippen LogP contribution >= 0.6 is 11.3 Å². The molecule has 0 aliphatic heterocycles. The summed E-state index contributed by atoms with van der Waals surface area (Å²) in [6.45, 7) is 2.02. The van der Waals surface area contributed by atoms with E-state index in [1.54, 1.807) is 29.5 Å². The number of nitrogens with one attached hydrogen (secondary N) is 2. The predicted octanol–water partition coefficient (Wildman–Crippen LogP) is 3.24. The summed E-state index contributed by atoms with van der Waals surface area (Å²) >= 11 is 1.62. The fraction of sp³-hybridized carbons (Fsp3) is 0.211. The lowest BCUT2D eigenvalue weighted by atomic mass is 10.2. The van der Waals surface area contributed by atoms with Gasteiger partial charge in [-0.3, -0.25) is 9.89 Å². The summed E-state index contributed by atoms with van der Waals surface area (Å²) in [5.41, 5.74) is 4.17. The van der Waals surface area contributed by atoms with Crippen LogP contribution < -0.4 is 19.6 Å². The first kappa shape index (κ1) is 19.4. The third-order valence-corrected chi connectivity index (χ3v) is 4.92. The number of thiophene rings is 1. The molecule has 0 unspecified atom stereocenters. The minimum absolute atomic E-state index is 0.253. The Bertz CT molecular complexity index is 984. The molecular weight excluding hydrogens is 380 g/mol. The van der Waals surface area contributed by atoms with E-state index in [4.69, 9.17) is 14.2 Å². The summed E-state index contributed by atoms with van der Waals surface area (Å²) in [7, 11) is 4.60. The minimum Gasteiger partial charge on any atom is -0.493 e. The highest BCUT2D eigenvalue weighted by atomic mass is 32.1. The number of benzene rings is 1. The Hall–Kier alpha value is -3.33.